The maximum absolute atomic E-state index is 12.5. The molecule has 2 aliphatic heterocycles. The highest BCUT2D eigenvalue weighted by atomic mass is 35.5. The molecule has 0 radical (unpaired) electrons. The molecule has 37 heavy (non-hydrogen) atoms. The van der Waals surface area contributed by atoms with E-state index >= 15 is 0 Å². The Labute approximate surface area is 223 Å². The lowest BCUT2D eigenvalue weighted by Crippen LogP contribution is -2.59. The molecule has 2 heterocycles. The summed E-state index contributed by atoms with van der Waals surface area (Å²) in [6.07, 6.45) is -1.34. The Bertz CT molecular complexity index is 1120. The fraction of sp³-hybridized carbons (Fsp3) is 0.440. The van der Waals surface area contributed by atoms with Crippen molar-refractivity contribution in [2.24, 2.45) is 0 Å². The van der Waals surface area contributed by atoms with Gasteiger partial charge >= 0.3 is 18.2 Å². The van der Waals surface area contributed by atoms with E-state index in [1.54, 1.807) is 18.2 Å². The number of rotatable bonds is 4. The van der Waals surface area contributed by atoms with Gasteiger partial charge in [0, 0.05) is 65.9 Å². The summed E-state index contributed by atoms with van der Waals surface area (Å²) in [5, 5.41) is 17.4. The molecule has 0 spiro atoms. The van der Waals surface area contributed by atoms with Crippen molar-refractivity contribution in [1.82, 2.24) is 9.80 Å². The number of carbonyl (C=O) groups excluding carboxylic acids is 1. The van der Waals surface area contributed by atoms with Gasteiger partial charge in [0.1, 0.15) is 11.7 Å². The predicted molar refractivity (Wildman–Crippen MR) is 141 cm³/mol. The molecule has 202 valence electrons. The van der Waals surface area contributed by atoms with Crippen LogP contribution in [0.1, 0.15) is 31.7 Å². The fourth-order valence-corrected chi connectivity index (χ4v) is 5.75. The van der Waals surface area contributed by atoms with E-state index in [1.807, 2.05) is 6.07 Å². The molecule has 2 saturated heterocycles. The highest BCUT2D eigenvalue weighted by Crippen LogP contribution is 2.40. The van der Waals surface area contributed by atoms with Crippen molar-refractivity contribution in [3.8, 4) is 0 Å². The number of halogens is 5. The Kier molecular flexibility index (Phi) is 9.33. The SMILES string of the molecule is Cc1cc([N+]2(C3CCNC3)CCCC2C)ccc1NC(=O)Nc1cc(Cl)cc(Cl)c1.O=C(O)C(F)(F)F. The second kappa shape index (κ2) is 11.9. The standard InChI is InChI=1S/C23H28Cl2N4O.C2HF3O2/c1-15-10-20(29(9-3-4-16(29)2)21-7-8-26-14-21)5-6-22(15)28-23(30)27-19-12-17(24)11-18(25)13-19;3-2(4,5)1(6)7/h5-6,10-13,16,21,26H,3-4,7-9,14H2,1-2H3,(H-,27,28,30);(H,6,7)/p+1. The molecule has 2 aliphatic rings. The Morgan fingerprint density at radius 3 is 2.22 bits per heavy atom. The highest BCUT2D eigenvalue weighted by Gasteiger charge is 2.48. The molecule has 4 rings (SSSR count). The molecule has 0 bridgehead atoms. The van der Waals surface area contributed by atoms with Crippen LogP contribution in [0.5, 0.6) is 0 Å². The van der Waals surface area contributed by atoms with Crippen LogP contribution in [0.4, 0.5) is 35.0 Å². The Hall–Kier alpha value is -2.53. The maximum atomic E-state index is 12.5. The smallest absolute Gasteiger partial charge is 0.475 e. The maximum Gasteiger partial charge on any atom is 0.490 e. The van der Waals surface area contributed by atoms with E-state index in [0.717, 1.165) is 28.8 Å². The zero-order chi connectivity index (χ0) is 27.4. The summed E-state index contributed by atoms with van der Waals surface area (Å²) in [6.45, 7) is 7.81. The molecule has 7 nitrogen and oxygen atoms in total. The van der Waals surface area contributed by atoms with Gasteiger partial charge < -0.3 is 21.1 Å². The molecule has 3 unspecified atom stereocenters. The van der Waals surface area contributed by atoms with Gasteiger partial charge in [-0.3, -0.25) is 4.48 Å². The van der Waals surface area contributed by atoms with Crippen LogP contribution in [-0.2, 0) is 4.79 Å². The van der Waals surface area contributed by atoms with E-state index < -0.39 is 12.1 Å². The molecule has 4 N–H and O–H groups in total. The van der Waals surface area contributed by atoms with Gasteiger partial charge in [-0.15, -0.1) is 0 Å². The Morgan fingerprint density at radius 1 is 1.08 bits per heavy atom. The first kappa shape index (κ1) is 29.0. The van der Waals surface area contributed by atoms with Crippen molar-refractivity contribution >= 4 is 52.3 Å². The number of aryl methyl sites for hydroxylation is 1. The minimum atomic E-state index is -5.08. The number of benzene rings is 2. The lowest BCUT2D eigenvalue weighted by atomic mass is 10.0. The second-order valence-corrected chi connectivity index (χ2v) is 10.2. The number of nitrogens with zero attached hydrogens (tertiary/aromatic N) is 1. The van der Waals surface area contributed by atoms with Crippen molar-refractivity contribution in [2.45, 2.75) is 51.4 Å². The average molecular weight is 562 g/mol. The van der Waals surface area contributed by atoms with Gasteiger partial charge in [0.05, 0.1) is 12.6 Å². The number of quaternary nitrogens is 1. The van der Waals surface area contributed by atoms with E-state index in [2.05, 4.69) is 41.9 Å². The summed E-state index contributed by atoms with van der Waals surface area (Å²) in [4.78, 5) is 21.4. The molecule has 2 fully saturated rings. The van der Waals surface area contributed by atoms with Crippen molar-refractivity contribution in [3.05, 3.63) is 52.0 Å². The fourth-order valence-electron chi connectivity index (χ4n) is 5.23. The van der Waals surface area contributed by atoms with E-state index in [-0.39, 0.29) is 6.03 Å². The number of hydrogen-bond donors (Lipinski definition) is 4. The van der Waals surface area contributed by atoms with Crippen LogP contribution in [-0.4, -0.2) is 55.0 Å². The van der Waals surface area contributed by atoms with Gasteiger partial charge in [0.2, 0.25) is 0 Å². The predicted octanol–water partition coefficient (Wildman–Crippen LogP) is 6.43. The van der Waals surface area contributed by atoms with Crippen LogP contribution in [0.3, 0.4) is 0 Å². The molecule has 0 aliphatic carbocycles. The first-order chi connectivity index (χ1) is 17.3. The number of anilines is 2. The molecule has 2 aromatic carbocycles. The number of likely N-dealkylation sites (tertiary alicyclic amines) is 1. The average Bonchev–Trinajstić information content (AvgIpc) is 3.44. The normalized spacial score (nSPS) is 23.2. The minimum absolute atomic E-state index is 0.317. The third kappa shape index (κ3) is 7.07. The number of amides is 2. The number of carboxylic acids is 1. The van der Waals surface area contributed by atoms with E-state index in [1.165, 1.54) is 31.5 Å². The first-order valence-corrected chi connectivity index (χ1v) is 12.6. The molecule has 2 aromatic rings. The van der Waals surface area contributed by atoms with Crippen LogP contribution < -0.4 is 20.4 Å². The topological polar surface area (TPSA) is 90.5 Å². The zero-order valence-electron chi connectivity index (χ0n) is 20.5. The monoisotopic (exact) mass is 561 g/mol. The van der Waals surface area contributed by atoms with Crippen LogP contribution in [0, 0.1) is 6.92 Å². The summed E-state index contributed by atoms with van der Waals surface area (Å²) in [6, 6.07) is 12.4. The third-order valence-corrected chi connectivity index (χ3v) is 7.36. The zero-order valence-corrected chi connectivity index (χ0v) is 22.0. The van der Waals surface area contributed by atoms with Gasteiger partial charge in [-0.05, 0) is 43.7 Å². The Balaban J connectivity index is 0.000000479. The largest absolute Gasteiger partial charge is 0.490 e. The van der Waals surface area contributed by atoms with Crippen LogP contribution >= 0.6 is 23.2 Å². The molecule has 2 amide bonds. The van der Waals surface area contributed by atoms with Gasteiger partial charge in [-0.25, -0.2) is 9.59 Å². The van der Waals surface area contributed by atoms with Gasteiger partial charge in [0.15, 0.2) is 0 Å². The van der Waals surface area contributed by atoms with Gasteiger partial charge in [-0.2, -0.15) is 13.2 Å². The quantitative estimate of drug-likeness (QED) is 0.324. The highest BCUT2D eigenvalue weighted by molar-refractivity contribution is 6.35. The van der Waals surface area contributed by atoms with Crippen molar-refractivity contribution < 1.29 is 27.9 Å². The summed E-state index contributed by atoms with van der Waals surface area (Å²) in [7, 11) is 0. The number of carbonyl (C=O) groups is 2. The molecular formula is C25H30Cl2F3N4O3+. The summed E-state index contributed by atoms with van der Waals surface area (Å²) < 4.78 is 32.8. The lowest BCUT2D eigenvalue weighted by molar-refractivity contribution is -0.192. The van der Waals surface area contributed by atoms with E-state index in [0.29, 0.717) is 27.8 Å². The van der Waals surface area contributed by atoms with Crippen LogP contribution in [0.15, 0.2) is 36.4 Å². The number of nitrogens with one attached hydrogen (secondary N) is 3. The summed E-state index contributed by atoms with van der Waals surface area (Å²) in [5.41, 5.74) is 3.79. The number of carboxylic acid groups (broad SMARTS) is 1. The van der Waals surface area contributed by atoms with Crippen molar-refractivity contribution in [2.75, 3.05) is 30.3 Å². The Morgan fingerprint density at radius 2 is 1.73 bits per heavy atom. The first-order valence-electron chi connectivity index (χ1n) is 11.9. The van der Waals surface area contributed by atoms with Crippen LogP contribution in [0.2, 0.25) is 10.0 Å². The minimum Gasteiger partial charge on any atom is -0.475 e. The number of alkyl halides is 3. The second-order valence-electron chi connectivity index (χ2n) is 9.33. The molecule has 0 aromatic heterocycles. The third-order valence-electron chi connectivity index (χ3n) is 6.92. The molecular weight excluding hydrogens is 532 g/mol. The van der Waals surface area contributed by atoms with Gasteiger partial charge in [-0.1, -0.05) is 23.2 Å². The lowest BCUT2D eigenvalue weighted by Gasteiger charge is -2.43. The van der Waals surface area contributed by atoms with Gasteiger partial charge in [0.25, 0.3) is 0 Å². The van der Waals surface area contributed by atoms with Crippen LogP contribution in [0.25, 0.3) is 0 Å². The van der Waals surface area contributed by atoms with Crippen molar-refractivity contribution in [3.63, 3.8) is 0 Å². The van der Waals surface area contributed by atoms with E-state index in [9.17, 15) is 18.0 Å². The summed E-state index contributed by atoms with van der Waals surface area (Å²) in [5.74, 6) is -2.76. The number of hydrogen-bond acceptors (Lipinski definition) is 3. The number of urea groups is 1. The summed E-state index contributed by atoms with van der Waals surface area (Å²) >= 11 is 12.0. The number of aliphatic carboxylic acids is 1. The molecule has 3 atom stereocenters. The molecule has 12 heteroatoms. The molecule has 0 saturated carbocycles. The van der Waals surface area contributed by atoms with Crippen molar-refractivity contribution in [1.29, 1.82) is 0 Å². The van der Waals surface area contributed by atoms with E-state index in [4.69, 9.17) is 33.1 Å².